The molecule has 0 spiro atoms. The van der Waals surface area contributed by atoms with Crippen LogP contribution in [0, 0.1) is 0 Å². The molecule has 1 aliphatic carbocycles. The van der Waals surface area contributed by atoms with Gasteiger partial charge in [0.1, 0.15) is 6.26 Å². The number of hydrogen-bond acceptors (Lipinski definition) is 7. The summed E-state index contributed by atoms with van der Waals surface area (Å²) < 4.78 is 11.2. The van der Waals surface area contributed by atoms with Crippen LogP contribution in [0.3, 0.4) is 0 Å². The number of oxazole rings is 1. The highest BCUT2D eigenvalue weighted by Crippen LogP contribution is 2.25. The van der Waals surface area contributed by atoms with E-state index < -0.39 is 6.10 Å². The zero-order valence-corrected chi connectivity index (χ0v) is 20.0. The van der Waals surface area contributed by atoms with Crippen LogP contribution in [0.5, 0.6) is 0 Å². The van der Waals surface area contributed by atoms with Crippen LogP contribution in [0.2, 0.25) is 0 Å². The largest absolute Gasteiger partial charge is 0.447 e. The number of β-amino-alcohol motifs (C(OH)–C–C–N with tert-alkyl or cyclic N) is 1. The molecule has 2 aromatic rings. The van der Waals surface area contributed by atoms with E-state index >= 15 is 0 Å². The third-order valence-corrected chi connectivity index (χ3v) is 6.14. The number of aliphatic hydroxyl groups excluding tert-OH is 1. The van der Waals surface area contributed by atoms with E-state index in [1.807, 2.05) is 26.8 Å². The molecule has 33 heavy (non-hydrogen) atoms. The number of hydrogen-bond donors (Lipinski definition) is 2. The molecule has 1 aliphatic heterocycles. The van der Waals surface area contributed by atoms with Gasteiger partial charge in [0.25, 0.3) is 5.91 Å². The van der Waals surface area contributed by atoms with Crippen molar-refractivity contribution in [3.63, 3.8) is 0 Å². The standard InChI is InChI=1S/C25H36N4O4/c1-25(2,3)33-16-21(30)14-28-9-11-29(12-10-28)15-23-27-22(17-32-23)24(31)26-20-8-7-18-5-4-6-19(18)13-20/h7-8,13,17,21,30H,4-6,9-12,14-16H2,1-3H3,(H,26,31)/t21-/m1/s1. The number of rotatable bonds is 8. The lowest BCUT2D eigenvalue weighted by atomic mass is 10.1. The molecule has 8 nitrogen and oxygen atoms in total. The molecule has 0 saturated carbocycles. The van der Waals surface area contributed by atoms with Gasteiger partial charge in [0.05, 0.1) is 24.9 Å². The molecule has 1 fully saturated rings. The average Bonchev–Trinajstić information content (AvgIpc) is 3.42. The number of ether oxygens (including phenoxy) is 1. The molecular formula is C25H36N4O4. The van der Waals surface area contributed by atoms with Gasteiger partial charge in [0, 0.05) is 38.4 Å². The van der Waals surface area contributed by atoms with Crippen LogP contribution >= 0.6 is 0 Å². The first kappa shape index (κ1) is 23.9. The minimum absolute atomic E-state index is 0.243. The van der Waals surface area contributed by atoms with E-state index in [1.165, 1.54) is 23.8 Å². The number of carbonyl (C=O) groups excluding carboxylic acids is 1. The Hall–Kier alpha value is -2.26. The highest BCUT2D eigenvalue weighted by molar-refractivity contribution is 6.02. The second kappa shape index (κ2) is 10.3. The van der Waals surface area contributed by atoms with Gasteiger partial charge in [-0.3, -0.25) is 14.6 Å². The number of aromatic nitrogens is 1. The highest BCUT2D eigenvalue weighted by Gasteiger charge is 2.22. The fourth-order valence-electron chi connectivity index (χ4n) is 4.35. The van der Waals surface area contributed by atoms with Crippen molar-refractivity contribution in [2.24, 2.45) is 0 Å². The fourth-order valence-corrected chi connectivity index (χ4v) is 4.35. The fraction of sp³-hybridized carbons (Fsp3) is 0.600. The van der Waals surface area contributed by atoms with Crippen LogP contribution in [0.25, 0.3) is 0 Å². The maximum absolute atomic E-state index is 12.6. The summed E-state index contributed by atoms with van der Waals surface area (Å²) in [4.78, 5) is 21.5. The number of fused-ring (bicyclic) bond motifs is 1. The van der Waals surface area contributed by atoms with E-state index in [0.717, 1.165) is 44.7 Å². The van der Waals surface area contributed by atoms with Crippen molar-refractivity contribution >= 4 is 11.6 Å². The Labute approximate surface area is 195 Å². The quantitative estimate of drug-likeness (QED) is 0.631. The van der Waals surface area contributed by atoms with Crippen molar-refractivity contribution in [1.82, 2.24) is 14.8 Å². The lowest BCUT2D eigenvalue weighted by molar-refractivity contribution is -0.0588. The lowest BCUT2D eigenvalue weighted by Crippen LogP contribution is -2.49. The number of anilines is 1. The van der Waals surface area contributed by atoms with Gasteiger partial charge in [-0.15, -0.1) is 0 Å². The van der Waals surface area contributed by atoms with E-state index in [-0.39, 0.29) is 11.5 Å². The number of nitrogens with one attached hydrogen (secondary N) is 1. The van der Waals surface area contributed by atoms with Crippen LogP contribution in [-0.4, -0.2) is 76.8 Å². The van der Waals surface area contributed by atoms with Gasteiger partial charge in [0.2, 0.25) is 5.89 Å². The van der Waals surface area contributed by atoms with E-state index in [2.05, 4.69) is 32.2 Å². The van der Waals surface area contributed by atoms with Crippen molar-refractivity contribution in [2.75, 3.05) is 44.6 Å². The van der Waals surface area contributed by atoms with Crippen LogP contribution in [0.1, 0.15) is 54.7 Å². The third-order valence-electron chi connectivity index (χ3n) is 6.14. The van der Waals surface area contributed by atoms with Gasteiger partial charge in [0.15, 0.2) is 5.69 Å². The first-order valence-corrected chi connectivity index (χ1v) is 11.9. The number of nitrogens with zero attached hydrogens (tertiary/aromatic N) is 3. The smallest absolute Gasteiger partial charge is 0.277 e. The SMILES string of the molecule is CC(C)(C)OC[C@H](O)CN1CCN(Cc2nc(C(=O)Nc3ccc4c(c3)CCC4)co2)CC1. The van der Waals surface area contributed by atoms with E-state index in [1.54, 1.807) is 0 Å². The summed E-state index contributed by atoms with van der Waals surface area (Å²) in [7, 11) is 0. The molecule has 0 radical (unpaired) electrons. The van der Waals surface area contributed by atoms with Gasteiger partial charge in [-0.2, -0.15) is 0 Å². The molecule has 0 unspecified atom stereocenters. The van der Waals surface area contributed by atoms with Gasteiger partial charge in [-0.1, -0.05) is 6.07 Å². The van der Waals surface area contributed by atoms with Gasteiger partial charge in [-0.05, 0) is 63.3 Å². The molecule has 1 amide bonds. The maximum Gasteiger partial charge on any atom is 0.277 e. The summed E-state index contributed by atoms with van der Waals surface area (Å²) in [6.07, 6.45) is 4.31. The van der Waals surface area contributed by atoms with E-state index in [0.29, 0.717) is 31.3 Å². The Kier molecular flexibility index (Phi) is 7.48. The summed E-state index contributed by atoms with van der Waals surface area (Å²) >= 11 is 0. The highest BCUT2D eigenvalue weighted by atomic mass is 16.5. The minimum Gasteiger partial charge on any atom is -0.447 e. The van der Waals surface area contributed by atoms with Crippen molar-refractivity contribution < 1.29 is 19.1 Å². The Bertz CT molecular complexity index is 944. The number of carbonyl (C=O) groups is 1. The molecule has 180 valence electrons. The Morgan fingerprint density at radius 2 is 1.91 bits per heavy atom. The molecule has 2 heterocycles. The second-order valence-electron chi connectivity index (χ2n) is 10.1. The molecule has 0 bridgehead atoms. The van der Waals surface area contributed by atoms with Crippen LogP contribution < -0.4 is 5.32 Å². The summed E-state index contributed by atoms with van der Waals surface area (Å²) in [5, 5.41) is 13.2. The van der Waals surface area contributed by atoms with Crippen LogP contribution in [-0.2, 0) is 24.1 Å². The average molecular weight is 457 g/mol. The summed E-state index contributed by atoms with van der Waals surface area (Å²) in [6, 6.07) is 6.12. The number of aryl methyl sites for hydroxylation is 2. The van der Waals surface area contributed by atoms with Gasteiger partial charge < -0.3 is 19.6 Å². The molecule has 1 saturated heterocycles. The van der Waals surface area contributed by atoms with E-state index in [9.17, 15) is 9.90 Å². The molecule has 1 aromatic carbocycles. The topological polar surface area (TPSA) is 91.1 Å². The predicted octanol–water partition coefficient (Wildman–Crippen LogP) is 2.71. The molecule has 4 rings (SSSR count). The predicted molar refractivity (Wildman–Crippen MR) is 126 cm³/mol. The molecule has 2 N–H and O–H groups in total. The number of benzene rings is 1. The Balaban J connectivity index is 1.21. The second-order valence-corrected chi connectivity index (χ2v) is 10.1. The monoisotopic (exact) mass is 456 g/mol. The molecular weight excluding hydrogens is 420 g/mol. The molecule has 2 aliphatic rings. The zero-order valence-electron chi connectivity index (χ0n) is 20.0. The van der Waals surface area contributed by atoms with Crippen molar-refractivity contribution in [2.45, 2.75) is 58.3 Å². The summed E-state index contributed by atoms with van der Waals surface area (Å²) in [5.41, 5.74) is 3.56. The summed E-state index contributed by atoms with van der Waals surface area (Å²) in [5.74, 6) is 0.292. The van der Waals surface area contributed by atoms with Crippen LogP contribution in [0.15, 0.2) is 28.9 Å². The number of piperazine rings is 1. The van der Waals surface area contributed by atoms with Crippen molar-refractivity contribution in [3.8, 4) is 0 Å². The van der Waals surface area contributed by atoms with Gasteiger partial charge in [-0.25, -0.2) is 4.98 Å². The van der Waals surface area contributed by atoms with Gasteiger partial charge >= 0.3 is 0 Å². The Morgan fingerprint density at radius 1 is 1.18 bits per heavy atom. The number of amides is 1. The van der Waals surface area contributed by atoms with Crippen molar-refractivity contribution in [1.29, 1.82) is 0 Å². The molecule has 1 aromatic heterocycles. The van der Waals surface area contributed by atoms with Crippen LogP contribution in [0.4, 0.5) is 5.69 Å². The zero-order chi connectivity index (χ0) is 23.4. The number of aliphatic hydroxyl groups is 1. The summed E-state index contributed by atoms with van der Waals surface area (Å²) in [6.45, 7) is 10.9. The van der Waals surface area contributed by atoms with Crippen molar-refractivity contribution in [3.05, 3.63) is 47.2 Å². The molecule has 1 atom stereocenters. The first-order valence-electron chi connectivity index (χ1n) is 11.9. The van der Waals surface area contributed by atoms with E-state index in [4.69, 9.17) is 9.15 Å². The lowest BCUT2D eigenvalue weighted by Gasteiger charge is -2.35. The maximum atomic E-state index is 12.6. The normalized spacial score (nSPS) is 18.3. The first-order chi connectivity index (χ1) is 15.7. The third kappa shape index (κ3) is 6.86. The Morgan fingerprint density at radius 3 is 2.67 bits per heavy atom. The molecule has 8 heteroatoms. The minimum atomic E-state index is -0.491.